The third-order valence-electron chi connectivity index (χ3n) is 4.87. The molecule has 6 nitrogen and oxygen atoms in total. The Bertz CT molecular complexity index is 993. The van der Waals surface area contributed by atoms with E-state index in [1.165, 1.54) is 0 Å². The first kappa shape index (κ1) is 19.9. The molecule has 7 heteroatoms. The summed E-state index contributed by atoms with van der Waals surface area (Å²) >= 11 is 1.54. The van der Waals surface area contributed by atoms with E-state index >= 15 is 0 Å². The van der Waals surface area contributed by atoms with Crippen LogP contribution in [0.5, 0.6) is 11.5 Å². The summed E-state index contributed by atoms with van der Waals surface area (Å²) in [5.74, 6) is 1.21. The molecule has 1 N–H and O–H groups in total. The van der Waals surface area contributed by atoms with Crippen molar-refractivity contribution in [3.63, 3.8) is 0 Å². The van der Waals surface area contributed by atoms with E-state index in [2.05, 4.69) is 10.3 Å². The molecule has 28 heavy (non-hydrogen) atoms. The average molecular weight is 400 g/mol. The van der Waals surface area contributed by atoms with E-state index < -0.39 is 0 Å². The first-order chi connectivity index (χ1) is 13.4. The fraction of sp³-hybridized carbons (Fsp3) is 0.333. The number of rotatable bonds is 6. The molecule has 1 aromatic carbocycles. The van der Waals surface area contributed by atoms with E-state index in [0.29, 0.717) is 17.1 Å². The van der Waals surface area contributed by atoms with E-state index in [9.17, 15) is 4.79 Å². The molecular weight excluding hydrogens is 374 g/mol. The highest BCUT2D eigenvalue weighted by Gasteiger charge is 2.21. The van der Waals surface area contributed by atoms with Crippen LogP contribution in [-0.2, 0) is 0 Å². The van der Waals surface area contributed by atoms with Gasteiger partial charge in [0.2, 0.25) is 0 Å². The first-order valence-corrected chi connectivity index (χ1v) is 9.87. The Labute approximate surface area is 169 Å². The second kappa shape index (κ2) is 8.06. The number of carbonyl (C=O) groups excluding carboxylic acids is 1. The number of carbonyl (C=O) groups is 1. The van der Waals surface area contributed by atoms with Crippen molar-refractivity contribution in [1.82, 2.24) is 14.9 Å². The van der Waals surface area contributed by atoms with Crippen molar-refractivity contribution in [2.24, 2.45) is 0 Å². The van der Waals surface area contributed by atoms with Gasteiger partial charge in [-0.2, -0.15) is 0 Å². The van der Waals surface area contributed by atoms with E-state index in [-0.39, 0.29) is 11.9 Å². The summed E-state index contributed by atoms with van der Waals surface area (Å²) in [5.41, 5.74) is 4.52. The molecule has 3 rings (SSSR count). The molecule has 0 fully saturated rings. The monoisotopic (exact) mass is 399 g/mol. The van der Waals surface area contributed by atoms with Gasteiger partial charge in [-0.05, 0) is 57.0 Å². The zero-order chi connectivity index (χ0) is 20.4. The predicted molar refractivity (Wildman–Crippen MR) is 111 cm³/mol. The number of aromatic nitrogens is 2. The number of hydrogen-bond acceptors (Lipinski definition) is 5. The predicted octanol–water partition coefficient (Wildman–Crippen LogP) is 4.37. The fourth-order valence-electron chi connectivity index (χ4n) is 3.43. The summed E-state index contributed by atoms with van der Waals surface area (Å²) in [5, 5.41) is 5.89. The molecule has 0 radical (unpaired) electrons. The molecule has 0 saturated carbocycles. The minimum Gasteiger partial charge on any atom is -0.493 e. The normalized spacial score (nSPS) is 11.9. The van der Waals surface area contributed by atoms with Crippen LogP contribution in [0.2, 0.25) is 0 Å². The summed E-state index contributed by atoms with van der Waals surface area (Å²) in [7, 11) is 3.22. The lowest BCUT2D eigenvalue weighted by Gasteiger charge is -2.19. The van der Waals surface area contributed by atoms with Gasteiger partial charge in [0.15, 0.2) is 16.6 Å². The SMILES string of the molecule is COc1cc(C)c(C(C)NC(=O)c2cc(C)n(-c3nccs3)c2C)cc1OC. The summed E-state index contributed by atoms with van der Waals surface area (Å²) < 4.78 is 12.8. The molecular formula is C21H25N3O3S. The van der Waals surface area contributed by atoms with Crippen LogP contribution < -0.4 is 14.8 Å². The van der Waals surface area contributed by atoms with Crippen molar-refractivity contribution in [2.75, 3.05) is 14.2 Å². The van der Waals surface area contributed by atoms with E-state index in [0.717, 1.165) is 27.6 Å². The van der Waals surface area contributed by atoms with Gasteiger partial charge in [0, 0.05) is 23.0 Å². The smallest absolute Gasteiger partial charge is 0.253 e. The number of nitrogens with one attached hydrogen (secondary N) is 1. The molecule has 0 saturated heterocycles. The highest BCUT2D eigenvalue weighted by Crippen LogP contribution is 2.33. The van der Waals surface area contributed by atoms with E-state index in [1.807, 2.05) is 55.8 Å². The van der Waals surface area contributed by atoms with Crippen molar-refractivity contribution < 1.29 is 14.3 Å². The molecule has 0 aliphatic heterocycles. The van der Waals surface area contributed by atoms with Crippen molar-refractivity contribution in [2.45, 2.75) is 33.7 Å². The summed E-state index contributed by atoms with van der Waals surface area (Å²) in [6.07, 6.45) is 1.76. The maximum atomic E-state index is 13.0. The molecule has 0 bridgehead atoms. The van der Waals surface area contributed by atoms with Crippen LogP contribution in [0.4, 0.5) is 0 Å². The number of aryl methyl sites for hydroxylation is 2. The van der Waals surface area contributed by atoms with Crippen molar-refractivity contribution in [3.05, 3.63) is 57.9 Å². The summed E-state index contributed by atoms with van der Waals surface area (Å²) in [6, 6.07) is 5.55. The van der Waals surface area contributed by atoms with Gasteiger partial charge in [-0.15, -0.1) is 11.3 Å². The molecule has 3 aromatic rings. The van der Waals surface area contributed by atoms with Gasteiger partial charge in [0.1, 0.15) is 0 Å². The highest BCUT2D eigenvalue weighted by atomic mass is 32.1. The van der Waals surface area contributed by atoms with Crippen LogP contribution in [0, 0.1) is 20.8 Å². The molecule has 0 spiro atoms. The van der Waals surface area contributed by atoms with E-state index in [4.69, 9.17) is 9.47 Å². The van der Waals surface area contributed by atoms with Gasteiger partial charge in [-0.1, -0.05) is 0 Å². The lowest BCUT2D eigenvalue weighted by atomic mass is 10.0. The maximum Gasteiger partial charge on any atom is 0.253 e. The maximum absolute atomic E-state index is 13.0. The Hall–Kier alpha value is -2.80. The molecule has 1 amide bonds. The Morgan fingerprint density at radius 2 is 1.82 bits per heavy atom. The van der Waals surface area contributed by atoms with Crippen LogP contribution in [0.1, 0.15) is 45.8 Å². The number of benzene rings is 1. The summed E-state index contributed by atoms with van der Waals surface area (Å²) in [4.78, 5) is 17.3. The number of thiazole rings is 1. The van der Waals surface area contributed by atoms with Crippen LogP contribution in [0.25, 0.3) is 5.13 Å². The van der Waals surface area contributed by atoms with Gasteiger partial charge in [-0.3, -0.25) is 9.36 Å². The quantitative estimate of drug-likeness (QED) is 0.669. The highest BCUT2D eigenvalue weighted by molar-refractivity contribution is 7.12. The van der Waals surface area contributed by atoms with Crippen molar-refractivity contribution >= 4 is 17.2 Å². The second-order valence-corrected chi connectivity index (χ2v) is 7.57. The molecule has 2 aromatic heterocycles. The van der Waals surface area contributed by atoms with Crippen LogP contribution >= 0.6 is 11.3 Å². The Balaban J connectivity index is 1.87. The fourth-order valence-corrected chi connectivity index (χ4v) is 4.18. The van der Waals surface area contributed by atoms with Crippen molar-refractivity contribution in [3.8, 4) is 16.6 Å². The second-order valence-electron chi connectivity index (χ2n) is 6.69. The van der Waals surface area contributed by atoms with Crippen LogP contribution in [0.15, 0.2) is 29.8 Å². The standard InChI is InChI=1S/C21H25N3O3S/c1-12-9-18(26-5)19(27-6)11-16(12)14(3)23-20(25)17-10-13(2)24(15(17)4)21-22-7-8-28-21/h7-11,14H,1-6H3,(H,23,25). The molecule has 2 heterocycles. The zero-order valence-corrected chi connectivity index (χ0v) is 17.8. The lowest BCUT2D eigenvalue weighted by Crippen LogP contribution is -2.27. The molecule has 1 atom stereocenters. The number of ether oxygens (including phenoxy) is 2. The number of methoxy groups -OCH3 is 2. The summed E-state index contributed by atoms with van der Waals surface area (Å²) in [6.45, 7) is 7.88. The topological polar surface area (TPSA) is 65.4 Å². The van der Waals surface area contributed by atoms with Gasteiger partial charge >= 0.3 is 0 Å². The molecule has 1 unspecified atom stereocenters. The van der Waals surface area contributed by atoms with Gasteiger partial charge in [-0.25, -0.2) is 4.98 Å². The first-order valence-electron chi connectivity index (χ1n) is 8.99. The Kier molecular flexibility index (Phi) is 5.74. The number of amides is 1. The Morgan fingerprint density at radius 3 is 2.43 bits per heavy atom. The largest absolute Gasteiger partial charge is 0.493 e. The average Bonchev–Trinajstić information content (AvgIpc) is 3.28. The molecule has 0 aliphatic rings. The molecule has 148 valence electrons. The third-order valence-corrected chi connectivity index (χ3v) is 5.63. The van der Waals surface area contributed by atoms with Crippen molar-refractivity contribution in [1.29, 1.82) is 0 Å². The minimum absolute atomic E-state index is 0.113. The van der Waals surface area contributed by atoms with E-state index in [1.54, 1.807) is 31.8 Å². The number of nitrogens with zero attached hydrogens (tertiary/aromatic N) is 2. The zero-order valence-electron chi connectivity index (χ0n) is 17.0. The third kappa shape index (κ3) is 3.62. The minimum atomic E-state index is -0.185. The van der Waals surface area contributed by atoms with Crippen LogP contribution in [0.3, 0.4) is 0 Å². The van der Waals surface area contributed by atoms with Gasteiger partial charge in [0.05, 0.1) is 25.8 Å². The van der Waals surface area contributed by atoms with Crippen LogP contribution in [-0.4, -0.2) is 29.7 Å². The lowest BCUT2D eigenvalue weighted by molar-refractivity contribution is 0.0939. The number of hydrogen-bond donors (Lipinski definition) is 1. The molecule has 0 aliphatic carbocycles. The van der Waals surface area contributed by atoms with Gasteiger partial charge in [0.25, 0.3) is 5.91 Å². The Morgan fingerprint density at radius 1 is 1.14 bits per heavy atom. The van der Waals surface area contributed by atoms with Gasteiger partial charge < -0.3 is 14.8 Å².